The molecule has 66 heavy (non-hydrogen) atoms. The van der Waals surface area contributed by atoms with Gasteiger partial charge in [-0.3, -0.25) is 4.99 Å². The number of hydrogen-bond acceptors (Lipinski definition) is 3. The summed E-state index contributed by atoms with van der Waals surface area (Å²) in [5.74, 6) is 1.73. The molecule has 8 rings (SSSR count). The Labute approximate surface area is 437 Å². The van der Waals surface area contributed by atoms with Crippen LogP contribution in [0.3, 0.4) is 0 Å². The molecular formula is C57H77N8Yb. The summed E-state index contributed by atoms with van der Waals surface area (Å²) in [5, 5.41) is 21.5. The molecule has 4 saturated carbocycles. The summed E-state index contributed by atoms with van der Waals surface area (Å²) in [6.45, 7) is 8.15. The normalized spacial score (nSPS) is 18.3. The zero-order chi connectivity index (χ0) is 45.3. The molecule has 4 aromatic rings. The minimum Gasteiger partial charge on any atom is -0.661 e. The second kappa shape index (κ2) is 30.5. The van der Waals surface area contributed by atoms with Crippen molar-refractivity contribution in [3.8, 4) is 0 Å². The zero-order valence-electron chi connectivity index (χ0n) is 40.4. The molecule has 4 aliphatic rings. The van der Waals surface area contributed by atoms with Crippen LogP contribution in [0, 0.1) is 60.8 Å². The summed E-state index contributed by atoms with van der Waals surface area (Å²) in [5.41, 5.74) is 8.29. The first-order valence-corrected chi connectivity index (χ1v) is 25.1. The Bertz CT molecular complexity index is 1980. The summed E-state index contributed by atoms with van der Waals surface area (Å²) in [7, 11) is 0. The molecule has 0 saturated heterocycles. The number of aryl methyl sites for hydroxylation is 2. The molecule has 0 heterocycles. The number of benzene rings is 4. The quantitative estimate of drug-likeness (QED) is 0.122. The van der Waals surface area contributed by atoms with E-state index in [9.17, 15) is 0 Å². The molecule has 0 aliphatic heterocycles. The van der Waals surface area contributed by atoms with Gasteiger partial charge in [0.05, 0.1) is 5.69 Å². The Morgan fingerprint density at radius 2 is 0.864 bits per heavy atom. The smallest absolute Gasteiger partial charge is 0.661 e. The van der Waals surface area contributed by atoms with Crippen LogP contribution in [-0.2, 0) is 0 Å². The molecular weight excluding hydrogens is 970 g/mol. The largest absolute Gasteiger partial charge is 3.00 e. The van der Waals surface area contributed by atoms with E-state index in [0.29, 0.717) is 24.2 Å². The van der Waals surface area contributed by atoms with Crippen molar-refractivity contribution in [3.05, 3.63) is 148 Å². The van der Waals surface area contributed by atoms with Crippen molar-refractivity contribution in [2.24, 2.45) is 15.0 Å². The Morgan fingerprint density at radius 1 is 0.470 bits per heavy atom. The van der Waals surface area contributed by atoms with Crippen molar-refractivity contribution < 1.29 is 46.9 Å². The van der Waals surface area contributed by atoms with Crippen LogP contribution in [0.1, 0.15) is 153 Å². The average molecular weight is 1050 g/mol. The second-order valence-corrected chi connectivity index (χ2v) is 18.6. The first kappa shape index (κ1) is 53.1. The molecule has 1 radical (unpaired) electrons. The number of aliphatic imine (C=N–C) groups is 3. The van der Waals surface area contributed by atoms with Gasteiger partial charge >= 0.3 is 46.9 Å². The van der Waals surface area contributed by atoms with Crippen molar-refractivity contribution in [3.63, 3.8) is 0 Å². The number of nitrogens with zero attached hydrogens (tertiary/aromatic N) is 6. The van der Waals surface area contributed by atoms with Gasteiger partial charge in [-0.2, -0.15) is 5.70 Å². The van der Waals surface area contributed by atoms with Gasteiger partial charge in [-0.15, -0.1) is 5.69 Å². The molecule has 2 N–H and O–H groups in total. The summed E-state index contributed by atoms with van der Waals surface area (Å²) in [6.07, 6.45) is 28.0. The SMILES string of the molecule is CC(/C=C(/C)[N-]c1ccccc1C)=Nc1ccccc1C.[Yb+3].c1ccc([N-]C(=NC2CCCCC2)NC2CCCCC2)cc1.c1ccc([N-]C(=NC2CCCCC2)NC2CCCCC2)cc1. The molecule has 0 spiro atoms. The Kier molecular flexibility index (Phi) is 24.6. The van der Waals surface area contributed by atoms with Crippen molar-refractivity contribution in [2.75, 3.05) is 0 Å². The summed E-state index contributed by atoms with van der Waals surface area (Å²) >= 11 is 0. The van der Waals surface area contributed by atoms with Gasteiger partial charge in [0.2, 0.25) is 0 Å². The van der Waals surface area contributed by atoms with E-state index < -0.39 is 0 Å². The Hall–Kier alpha value is -3.85. The fourth-order valence-corrected chi connectivity index (χ4v) is 9.20. The summed E-state index contributed by atoms with van der Waals surface area (Å²) in [4.78, 5) is 14.6. The van der Waals surface area contributed by atoms with E-state index in [-0.39, 0.29) is 46.9 Å². The first-order valence-electron chi connectivity index (χ1n) is 25.1. The molecule has 4 aromatic carbocycles. The van der Waals surface area contributed by atoms with E-state index in [2.05, 4.69) is 71.2 Å². The minimum atomic E-state index is 0. The van der Waals surface area contributed by atoms with E-state index in [4.69, 9.17) is 20.6 Å². The van der Waals surface area contributed by atoms with Crippen LogP contribution in [0.4, 0.5) is 22.7 Å². The first-order chi connectivity index (χ1) is 31.9. The number of allylic oxidation sites excluding steroid dienone is 2. The molecule has 4 aliphatic carbocycles. The van der Waals surface area contributed by atoms with Crippen LogP contribution in [-0.4, -0.2) is 41.8 Å². The average Bonchev–Trinajstić information content (AvgIpc) is 3.33. The third-order valence-corrected chi connectivity index (χ3v) is 12.9. The number of hydrogen-bond donors (Lipinski definition) is 2. The molecule has 0 atom stereocenters. The number of nitrogens with one attached hydrogen (secondary N) is 2. The van der Waals surface area contributed by atoms with Gasteiger partial charge in [0.25, 0.3) is 0 Å². The maximum absolute atomic E-state index is 4.96. The van der Waals surface area contributed by atoms with E-state index in [0.717, 1.165) is 46.1 Å². The number of rotatable bonds is 10. The molecule has 9 heteroatoms. The molecule has 0 aromatic heterocycles. The molecule has 8 nitrogen and oxygen atoms in total. The van der Waals surface area contributed by atoms with Crippen LogP contribution in [0.2, 0.25) is 0 Å². The molecule has 0 unspecified atom stereocenters. The van der Waals surface area contributed by atoms with Crippen LogP contribution < -0.4 is 10.6 Å². The summed E-state index contributed by atoms with van der Waals surface area (Å²) < 4.78 is 0. The van der Waals surface area contributed by atoms with Gasteiger partial charge in [0.15, 0.2) is 0 Å². The van der Waals surface area contributed by atoms with Crippen LogP contribution in [0.5, 0.6) is 0 Å². The van der Waals surface area contributed by atoms with Gasteiger partial charge in [-0.25, -0.2) is 0 Å². The minimum absolute atomic E-state index is 0. The number of para-hydroxylation sites is 4. The Morgan fingerprint density at radius 3 is 1.30 bits per heavy atom. The molecule has 0 amide bonds. The van der Waals surface area contributed by atoms with Gasteiger partial charge in [-0.05, 0) is 119 Å². The second-order valence-electron chi connectivity index (χ2n) is 18.6. The summed E-state index contributed by atoms with van der Waals surface area (Å²) in [6, 6.07) is 38.8. The molecule has 4 fully saturated rings. The van der Waals surface area contributed by atoms with Crippen molar-refractivity contribution >= 4 is 40.4 Å². The van der Waals surface area contributed by atoms with Crippen molar-refractivity contribution in [1.29, 1.82) is 0 Å². The van der Waals surface area contributed by atoms with Crippen molar-refractivity contribution in [2.45, 2.75) is 180 Å². The fourth-order valence-electron chi connectivity index (χ4n) is 9.20. The van der Waals surface area contributed by atoms with E-state index >= 15 is 0 Å². The zero-order valence-corrected chi connectivity index (χ0v) is 42.1. The van der Waals surface area contributed by atoms with E-state index in [1.165, 1.54) is 140 Å². The standard InChI is InChI=1S/2C19H28N3.C19H21N2.Yb/c2*1-4-10-16(11-5-1)20-19(21-17-12-6-2-7-13-17)22-18-14-8-3-9-15-18;1-14-9-5-7-11-18(14)20-16(3)13-17(4)21-19-12-8-6-10-15(19)2;/h2*1,4-5,10-11,17-18H,2-3,6-9,12-15H2,(H-,20,21,22);5-13H,1-4H3;/q3*-1;+3/b;;16-13-,21-17?;. The van der Waals surface area contributed by atoms with E-state index in [1.54, 1.807) is 0 Å². The monoisotopic (exact) mass is 1050 g/mol. The predicted molar refractivity (Wildman–Crippen MR) is 279 cm³/mol. The maximum Gasteiger partial charge on any atom is 3.00 e. The van der Waals surface area contributed by atoms with Crippen LogP contribution in [0.15, 0.2) is 136 Å². The predicted octanol–water partition coefficient (Wildman–Crippen LogP) is 16.6. The van der Waals surface area contributed by atoms with Crippen molar-refractivity contribution in [1.82, 2.24) is 10.6 Å². The topological polar surface area (TPSA) is 103 Å². The van der Waals surface area contributed by atoms with Gasteiger partial charge in [-0.1, -0.05) is 199 Å². The van der Waals surface area contributed by atoms with Gasteiger partial charge < -0.3 is 36.6 Å². The van der Waals surface area contributed by atoms with E-state index in [1.807, 2.05) is 92.7 Å². The Balaban J connectivity index is 0.000000184. The molecule has 0 bridgehead atoms. The van der Waals surface area contributed by atoms with Crippen LogP contribution in [0.25, 0.3) is 16.0 Å². The maximum atomic E-state index is 4.96. The van der Waals surface area contributed by atoms with Gasteiger partial charge in [0.1, 0.15) is 0 Å². The third-order valence-electron chi connectivity index (χ3n) is 12.9. The molecule has 359 valence electrons. The third kappa shape index (κ3) is 20.2. The fraction of sp³-hybridized carbons (Fsp3) is 0.491. The van der Waals surface area contributed by atoms with Crippen LogP contribution >= 0.6 is 0 Å². The number of guanidine groups is 2. The van der Waals surface area contributed by atoms with Gasteiger partial charge in [0, 0.05) is 17.6 Å².